The summed E-state index contributed by atoms with van der Waals surface area (Å²) in [5.74, 6) is 1.36. The van der Waals surface area contributed by atoms with Crippen molar-refractivity contribution in [1.82, 2.24) is 9.21 Å². The highest BCUT2D eigenvalue weighted by atomic mass is 32.2. The molecule has 2 heterocycles. The van der Waals surface area contributed by atoms with Crippen LogP contribution in [0.5, 0.6) is 17.2 Å². The van der Waals surface area contributed by atoms with Crippen LogP contribution in [-0.4, -0.2) is 56.2 Å². The molecule has 1 saturated heterocycles. The first kappa shape index (κ1) is 26.5. The van der Waals surface area contributed by atoms with Crippen LogP contribution >= 0.6 is 0 Å². The van der Waals surface area contributed by atoms with Crippen molar-refractivity contribution in [3.63, 3.8) is 0 Å². The second kappa shape index (κ2) is 9.91. The number of alkyl halides is 3. The molecule has 1 fully saturated rings. The minimum atomic E-state index is -4.57. The van der Waals surface area contributed by atoms with Crippen molar-refractivity contribution in [2.24, 2.45) is 4.99 Å². The zero-order chi connectivity index (χ0) is 27.9. The lowest BCUT2D eigenvalue weighted by Crippen LogP contribution is -2.55. The predicted octanol–water partition coefficient (Wildman–Crippen LogP) is 5.16. The maximum Gasteiger partial charge on any atom is 0.416 e. The van der Waals surface area contributed by atoms with Gasteiger partial charge >= 0.3 is 6.18 Å². The average Bonchev–Trinajstić information content (AvgIpc) is 3.08. The molecular weight excluding hydrogens is 533 g/mol. The highest BCUT2D eigenvalue weighted by Gasteiger charge is 2.37. The first-order chi connectivity index (χ1) is 18.5. The van der Waals surface area contributed by atoms with Crippen LogP contribution in [0.3, 0.4) is 0 Å². The van der Waals surface area contributed by atoms with Crippen LogP contribution in [0.25, 0.3) is 0 Å². The van der Waals surface area contributed by atoms with Crippen molar-refractivity contribution >= 4 is 21.5 Å². The summed E-state index contributed by atoms with van der Waals surface area (Å²) in [7, 11) is -2.49. The number of piperazine rings is 1. The van der Waals surface area contributed by atoms with Gasteiger partial charge in [0.25, 0.3) is 0 Å². The Kier molecular flexibility index (Phi) is 6.74. The van der Waals surface area contributed by atoms with Gasteiger partial charge in [-0.2, -0.15) is 22.7 Å². The van der Waals surface area contributed by atoms with Gasteiger partial charge in [-0.1, -0.05) is 12.1 Å². The van der Waals surface area contributed by atoms with Gasteiger partial charge in [-0.05, 0) is 55.5 Å². The van der Waals surface area contributed by atoms with Gasteiger partial charge in [0.15, 0.2) is 5.75 Å². The molecule has 0 unspecified atom stereocenters. The molecule has 0 aromatic heterocycles. The molecule has 12 heteroatoms. The van der Waals surface area contributed by atoms with Crippen molar-refractivity contribution in [2.45, 2.75) is 24.0 Å². The number of halogens is 3. The number of hydrogen-bond donors (Lipinski definition) is 0. The fourth-order valence-corrected chi connectivity index (χ4v) is 6.46. The predicted molar refractivity (Wildman–Crippen MR) is 137 cm³/mol. The highest BCUT2D eigenvalue weighted by molar-refractivity contribution is 7.89. The molecule has 3 aromatic rings. The van der Waals surface area contributed by atoms with E-state index in [1.807, 2.05) is 11.0 Å². The summed E-state index contributed by atoms with van der Waals surface area (Å²) in [6.45, 7) is 2.19. The summed E-state index contributed by atoms with van der Waals surface area (Å²) in [6, 6.07) is 15.5. The Morgan fingerprint density at radius 2 is 1.82 bits per heavy atom. The molecule has 2 aliphatic heterocycles. The molecule has 0 spiro atoms. The quantitative estimate of drug-likeness (QED) is 0.442. The van der Waals surface area contributed by atoms with Crippen LogP contribution in [0.4, 0.5) is 18.9 Å². The van der Waals surface area contributed by atoms with Crippen LogP contribution in [0.15, 0.2) is 70.6 Å². The van der Waals surface area contributed by atoms with Gasteiger partial charge in [-0.3, -0.25) is 0 Å². The number of rotatable bonds is 3. The zero-order valence-electron chi connectivity index (χ0n) is 20.9. The topological polar surface area (TPSA) is 95.2 Å². The summed E-state index contributed by atoms with van der Waals surface area (Å²) < 4.78 is 80.0. The second-order valence-corrected chi connectivity index (χ2v) is 11.0. The number of fused-ring (bicyclic) bond motifs is 2. The number of aliphatic imine (C=N–C) groups is 1. The van der Waals surface area contributed by atoms with Crippen LogP contribution in [0.1, 0.15) is 23.6 Å². The van der Waals surface area contributed by atoms with Crippen molar-refractivity contribution in [3.8, 4) is 23.3 Å². The Hall–Kier alpha value is -4.08. The molecule has 8 nitrogen and oxygen atoms in total. The van der Waals surface area contributed by atoms with E-state index < -0.39 is 27.8 Å². The van der Waals surface area contributed by atoms with Gasteiger partial charge in [-0.15, -0.1) is 0 Å². The molecule has 202 valence electrons. The lowest BCUT2D eigenvalue weighted by Gasteiger charge is -2.40. The zero-order valence-corrected chi connectivity index (χ0v) is 21.8. The molecule has 0 N–H and O–H groups in total. The fraction of sp³-hybridized carbons (Fsp3) is 0.259. The van der Waals surface area contributed by atoms with Crippen molar-refractivity contribution in [1.29, 1.82) is 5.26 Å². The van der Waals surface area contributed by atoms with E-state index in [2.05, 4.69) is 4.99 Å². The maximum atomic E-state index is 13.5. The van der Waals surface area contributed by atoms with E-state index >= 15 is 0 Å². The third-order valence-corrected chi connectivity index (χ3v) is 8.69. The molecule has 39 heavy (non-hydrogen) atoms. The molecule has 0 saturated carbocycles. The van der Waals surface area contributed by atoms with Crippen LogP contribution < -0.4 is 9.47 Å². The monoisotopic (exact) mass is 556 g/mol. The van der Waals surface area contributed by atoms with Gasteiger partial charge in [0.05, 0.1) is 28.7 Å². The number of nitrogens with zero attached hydrogens (tertiary/aromatic N) is 4. The molecule has 0 aliphatic carbocycles. The van der Waals surface area contributed by atoms with E-state index in [4.69, 9.17) is 9.47 Å². The fourth-order valence-electron chi connectivity index (χ4n) is 4.70. The Morgan fingerprint density at radius 1 is 1.08 bits per heavy atom. The van der Waals surface area contributed by atoms with Gasteiger partial charge in [0.2, 0.25) is 10.0 Å². The van der Waals surface area contributed by atoms with E-state index in [-0.39, 0.29) is 41.5 Å². The number of hydrogen-bond acceptors (Lipinski definition) is 7. The van der Waals surface area contributed by atoms with Crippen LogP contribution in [0.2, 0.25) is 0 Å². The van der Waals surface area contributed by atoms with E-state index in [0.717, 1.165) is 12.1 Å². The number of ether oxygens (including phenoxy) is 2. The molecule has 2 aliphatic rings. The number of benzene rings is 3. The van der Waals surface area contributed by atoms with Gasteiger partial charge < -0.3 is 14.4 Å². The minimum Gasteiger partial charge on any atom is -0.497 e. The summed E-state index contributed by atoms with van der Waals surface area (Å²) >= 11 is 0. The van der Waals surface area contributed by atoms with Gasteiger partial charge in [0, 0.05) is 25.7 Å². The average molecular weight is 557 g/mol. The Labute approximate surface area is 223 Å². The lowest BCUT2D eigenvalue weighted by molar-refractivity contribution is -0.137. The van der Waals surface area contributed by atoms with E-state index in [1.165, 1.54) is 29.6 Å². The number of amidine groups is 1. The summed E-state index contributed by atoms with van der Waals surface area (Å²) in [5.41, 5.74) is -0.314. The molecule has 0 bridgehead atoms. The summed E-state index contributed by atoms with van der Waals surface area (Å²) in [5, 5.41) is 9.42. The van der Waals surface area contributed by atoms with Crippen molar-refractivity contribution in [2.75, 3.05) is 26.7 Å². The standard InChI is InChI=1S/C27H23F3N4O4S/c1-17-16-33(11-12-34(17)39(35,36)25-6-4-3-5-18(25)15-31)26-21-14-20(37-2)8-10-23(21)38-24-9-7-19(27(28,29)30)13-22(24)32-26/h3-10,13-14,17H,11-12,16H2,1-2H3/t17-/m1/s1. The van der Waals surface area contributed by atoms with E-state index in [1.54, 1.807) is 37.3 Å². The number of methoxy groups -OCH3 is 1. The Bertz CT molecular complexity index is 1620. The normalized spacial score (nSPS) is 17.7. The third kappa shape index (κ3) is 4.91. The molecule has 3 aromatic carbocycles. The van der Waals surface area contributed by atoms with E-state index in [9.17, 15) is 26.9 Å². The maximum absolute atomic E-state index is 13.5. The SMILES string of the molecule is COc1ccc2c(c1)C(N1CCN(S(=O)(=O)c3ccccc3C#N)[C@H](C)C1)=Nc1cc(C(F)(F)F)ccc1O2. The number of nitriles is 1. The summed E-state index contributed by atoms with van der Waals surface area (Å²) in [4.78, 5) is 6.36. The second-order valence-electron chi connectivity index (χ2n) is 9.10. The molecule has 0 amide bonds. The number of sulfonamides is 1. The molecule has 0 radical (unpaired) electrons. The molecule has 1 atom stereocenters. The smallest absolute Gasteiger partial charge is 0.416 e. The summed E-state index contributed by atoms with van der Waals surface area (Å²) in [6.07, 6.45) is -4.57. The minimum absolute atomic E-state index is 0.000596. The largest absolute Gasteiger partial charge is 0.497 e. The first-order valence-corrected chi connectivity index (χ1v) is 13.4. The third-order valence-electron chi connectivity index (χ3n) is 6.62. The van der Waals surface area contributed by atoms with E-state index in [0.29, 0.717) is 22.9 Å². The van der Waals surface area contributed by atoms with Crippen LogP contribution in [-0.2, 0) is 16.2 Å². The lowest BCUT2D eigenvalue weighted by atomic mass is 10.1. The Balaban J connectivity index is 1.54. The van der Waals surface area contributed by atoms with Gasteiger partial charge in [-0.25, -0.2) is 13.4 Å². The first-order valence-electron chi connectivity index (χ1n) is 11.9. The molecule has 5 rings (SSSR count). The van der Waals surface area contributed by atoms with Gasteiger partial charge in [0.1, 0.15) is 29.1 Å². The molecular formula is C27H23F3N4O4S. The van der Waals surface area contributed by atoms with Crippen LogP contribution in [0, 0.1) is 11.3 Å². The highest BCUT2D eigenvalue weighted by Crippen LogP contribution is 2.42. The van der Waals surface area contributed by atoms with Crippen molar-refractivity contribution in [3.05, 3.63) is 77.4 Å². The Morgan fingerprint density at radius 3 is 2.51 bits per heavy atom. The van der Waals surface area contributed by atoms with Crippen molar-refractivity contribution < 1.29 is 31.1 Å².